The number of nitrogens with one attached hydrogen (secondary N) is 2. The van der Waals surface area contributed by atoms with Crippen LogP contribution in [0.1, 0.15) is 43.0 Å². The minimum absolute atomic E-state index is 0.0746. The van der Waals surface area contributed by atoms with E-state index in [-0.39, 0.29) is 17.6 Å². The lowest BCUT2D eigenvalue weighted by Gasteiger charge is -2.18. The molecular weight excluding hydrogens is 270 g/mol. The number of non-ortho nitro benzene ring substituents is 1. The fourth-order valence-corrected chi connectivity index (χ4v) is 2.40. The number of benzene rings is 1. The van der Waals surface area contributed by atoms with Gasteiger partial charge < -0.3 is 10.6 Å². The molecule has 1 saturated carbocycles. The fourth-order valence-electron chi connectivity index (χ4n) is 2.40. The molecule has 1 aromatic carbocycles. The van der Waals surface area contributed by atoms with E-state index in [1.165, 1.54) is 25.0 Å². The van der Waals surface area contributed by atoms with E-state index in [4.69, 9.17) is 0 Å². The summed E-state index contributed by atoms with van der Waals surface area (Å²) >= 11 is 0. The van der Waals surface area contributed by atoms with Gasteiger partial charge >= 0.3 is 0 Å². The van der Waals surface area contributed by atoms with Crippen molar-refractivity contribution in [3.05, 3.63) is 33.9 Å². The molecule has 0 heterocycles. The third-order valence-corrected chi connectivity index (χ3v) is 3.87. The van der Waals surface area contributed by atoms with Crippen molar-refractivity contribution in [2.45, 2.75) is 38.6 Å². The Bertz CT molecular complexity index is 541. The highest BCUT2D eigenvalue weighted by molar-refractivity contribution is 6.00. The molecule has 1 aromatic rings. The lowest BCUT2D eigenvalue weighted by Crippen LogP contribution is -2.35. The first-order valence-electron chi connectivity index (χ1n) is 7.32. The van der Waals surface area contributed by atoms with Gasteiger partial charge in [-0.1, -0.05) is 19.8 Å². The number of carbonyl (C=O) groups is 1. The Morgan fingerprint density at radius 3 is 2.71 bits per heavy atom. The number of nitro groups is 1. The first-order chi connectivity index (χ1) is 10.0. The van der Waals surface area contributed by atoms with Crippen molar-refractivity contribution in [1.29, 1.82) is 0 Å². The molecule has 1 aliphatic rings. The molecule has 0 bridgehead atoms. The summed E-state index contributed by atoms with van der Waals surface area (Å²) in [5, 5.41) is 16.8. The summed E-state index contributed by atoms with van der Waals surface area (Å²) in [6.45, 7) is 2.04. The zero-order chi connectivity index (χ0) is 15.4. The van der Waals surface area contributed by atoms with Crippen LogP contribution in [0.15, 0.2) is 18.2 Å². The maximum Gasteiger partial charge on any atom is 0.270 e. The SMILES string of the molecule is CCC(CC1CC1)NC(=O)c1cc([N+](=O)[O-])ccc1NC. The van der Waals surface area contributed by atoms with Crippen molar-refractivity contribution in [2.75, 3.05) is 12.4 Å². The number of carbonyl (C=O) groups excluding carboxylic acids is 1. The zero-order valence-corrected chi connectivity index (χ0v) is 12.4. The highest BCUT2D eigenvalue weighted by atomic mass is 16.6. The van der Waals surface area contributed by atoms with Crippen LogP contribution in [0.3, 0.4) is 0 Å². The number of rotatable bonds is 7. The third kappa shape index (κ3) is 3.93. The second-order valence-corrected chi connectivity index (χ2v) is 5.49. The summed E-state index contributed by atoms with van der Waals surface area (Å²) in [5.74, 6) is 0.472. The molecule has 1 fully saturated rings. The van der Waals surface area contributed by atoms with E-state index >= 15 is 0 Å². The topological polar surface area (TPSA) is 84.3 Å². The number of hydrogen-bond donors (Lipinski definition) is 2. The maximum atomic E-state index is 12.4. The number of hydrogen-bond acceptors (Lipinski definition) is 4. The summed E-state index contributed by atoms with van der Waals surface area (Å²) in [5.41, 5.74) is 0.842. The molecule has 0 radical (unpaired) electrons. The van der Waals surface area contributed by atoms with Gasteiger partial charge in [0.2, 0.25) is 0 Å². The van der Waals surface area contributed by atoms with Crippen molar-refractivity contribution >= 4 is 17.3 Å². The van der Waals surface area contributed by atoms with Crippen LogP contribution < -0.4 is 10.6 Å². The first-order valence-corrected chi connectivity index (χ1v) is 7.32. The summed E-state index contributed by atoms with van der Waals surface area (Å²) in [4.78, 5) is 22.8. The Labute approximate surface area is 124 Å². The van der Waals surface area contributed by atoms with Gasteiger partial charge in [-0.2, -0.15) is 0 Å². The van der Waals surface area contributed by atoms with Crippen LogP contribution in [0.4, 0.5) is 11.4 Å². The van der Waals surface area contributed by atoms with Crippen LogP contribution in [-0.2, 0) is 0 Å². The van der Waals surface area contributed by atoms with Gasteiger partial charge in [-0.3, -0.25) is 14.9 Å². The maximum absolute atomic E-state index is 12.4. The normalized spacial score (nSPS) is 15.3. The highest BCUT2D eigenvalue weighted by Crippen LogP contribution is 2.34. The molecular formula is C15H21N3O3. The van der Waals surface area contributed by atoms with Crippen LogP contribution in [0, 0.1) is 16.0 Å². The molecule has 21 heavy (non-hydrogen) atoms. The monoisotopic (exact) mass is 291 g/mol. The van der Waals surface area contributed by atoms with Crippen LogP contribution >= 0.6 is 0 Å². The molecule has 0 aliphatic heterocycles. The average Bonchev–Trinajstić information content (AvgIpc) is 3.29. The van der Waals surface area contributed by atoms with Crippen molar-refractivity contribution in [2.24, 2.45) is 5.92 Å². The largest absolute Gasteiger partial charge is 0.387 e. The molecule has 6 heteroatoms. The Balaban J connectivity index is 2.15. The van der Waals surface area contributed by atoms with Gasteiger partial charge in [-0.25, -0.2) is 0 Å². The fraction of sp³-hybridized carbons (Fsp3) is 0.533. The highest BCUT2D eigenvalue weighted by Gasteiger charge is 2.26. The second-order valence-electron chi connectivity index (χ2n) is 5.49. The van der Waals surface area contributed by atoms with Gasteiger partial charge in [-0.15, -0.1) is 0 Å². The van der Waals surface area contributed by atoms with Crippen LogP contribution in [0.2, 0.25) is 0 Å². The molecule has 1 amide bonds. The zero-order valence-electron chi connectivity index (χ0n) is 12.4. The predicted molar refractivity (Wildman–Crippen MR) is 81.5 cm³/mol. The molecule has 2 N–H and O–H groups in total. The summed E-state index contributed by atoms with van der Waals surface area (Å²) < 4.78 is 0. The summed E-state index contributed by atoms with van der Waals surface area (Å²) in [6.07, 6.45) is 4.34. The minimum Gasteiger partial charge on any atom is -0.387 e. The summed E-state index contributed by atoms with van der Waals surface area (Å²) in [7, 11) is 1.69. The van der Waals surface area contributed by atoms with E-state index < -0.39 is 4.92 Å². The molecule has 0 aromatic heterocycles. The first kappa shape index (κ1) is 15.3. The van der Waals surface area contributed by atoms with Crippen molar-refractivity contribution < 1.29 is 9.72 Å². The Kier molecular flexibility index (Phi) is 4.77. The van der Waals surface area contributed by atoms with Gasteiger partial charge in [0.05, 0.1) is 10.5 Å². The van der Waals surface area contributed by atoms with Crippen molar-refractivity contribution in [3.8, 4) is 0 Å². The quantitative estimate of drug-likeness (QED) is 0.597. The number of nitrogens with zero attached hydrogens (tertiary/aromatic N) is 1. The molecule has 1 atom stereocenters. The van der Waals surface area contributed by atoms with Crippen LogP contribution in [0.25, 0.3) is 0 Å². The van der Waals surface area contributed by atoms with Gasteiger partial charge in [-0.05, 0) is 24.8 Å². The molecule has 0 saturated heterocycles. The van der Waals surface area contributed by atoms with Gasteiger partial charge in [0.25, 0.3) is 11.6 Å². The molecule has 2 rings (SSSR count). The summed E-state index contributed by atoms with van der Waals surface area (Å²) in [6, 6.07) is 4.42. The number of anilines is 1. The number of amides is 1. The molecule has 6 nitrogen and oxygen atoms in total. The standard InChI is InChI=1S/C15H21N3O3/c1-3-11(8-10-4-5-10)17-15(19)13-9-12(18(20)21)6-7-14(13)16-2/h6-7,9-11,16H,3-5,8H2,1-2H3,(H,17,19). The van der Waals surface area contributed by atoms with E-state index in [1.54, 1.807) is 13.1 Å². The predicted octanol–water partition coefficient (Wildman–Crippen LogP) is 2.95. The molecule has 1 unspecified atom stereocenters. The Morgan fingerprint density at radius 2 is 2.19 bits per heavy atom. The molecule has 114 valence electrons. The second kappa shape index (κ2) is 6.56. The molecule has 1 aliphatic carbocycles. The minimum atomic E-state index is -0.488. The smallest absolute Gasteiger partial charge is 0.270 e. The van der Waals surface area contributed by atoms with E-state index in [2.05, 4.69) is 10.6 Å². The van der Waals surface area contributed by atoms with Gasteiger partial charge in [0.15, 0.2) is 0 Å². The van der Waals surface area contributed by atoms with E-state index in [1.807, 2.05) is 6.92 Å². The Hall–Kier alpha value is -2.11. The van der Waals surface area contributed by atoms with E-state index in [9.17, 15) is 14.9 Å². The average molecular weight is 291 g/mol. The van der Waals surface area contributed by atoms with Gasteiger partial charge in [0.1, 0.15) is 0 Å². The molecule has 0 spiro atoms. The lowest BCUT2D eigenvalue weighted by atomic mass is 10.1. The lowest BCUT2D eigenvalue weighted by molar-refractivity contribution is -0.384. The third-order valence-electron chi connectivity index (χ3n) is 3.87. The number of nitro benzene ring substituents is 1. The van der Waals surface area contributed by atoms with E-state index in [0.717, 1.165) is 18.8 Å². The van der Waals surface area contributed by atoms with E-state index in [0.29, 0.717) is 11.3 Å². The van der Waals surface area contributed by atoms with Crippen LogP contribution in [0.5, 0.6) is 0 Å². The van der Waals surface area contributed by atoms with Crippen LogP contribution in [-0.4, -0.2) is 23.9 Å². The van der Waals surface area contributed by atoms with Gasteiger partial charge in [0, 0.05) is 30.9 Å². The van der Waals surface area contributed by atoms with Crippen molar-refractivity contribution in [1.82, 2.24) is 5.32 Å². The Morgan fingerprint density at radius 1 is 1.48 bits per heavy atom. The van der Waals surface area contributed by atoms with Crippen molar-refractivity contribution in [3.63, 3.8) is 0 Å².